The van der Waals surface area contributed by atoms with Crippen LogP contribution in [0.25, 0.3) is 0 Å². The van der Waals surface area contributed by atoms with Gasteiger partial charge in [-0.1, -0.05) is 25.6 Å². The molecule has 0 spiro atoms. The molecule has 0 rings (SSSR count). The molecule has 0 heterocycles. The molecule has 2 amide bonds. The van der Waals surface area contributed by atoms with Gasteiger partial charge < -0.3 is 10.6 Å². The van der Waals surface area contributed by atoms with Crippen molar-refractivity contribution in [3.63, 3.8) is 0 Å². The highest BCUT2D eigenvalue weighted by molar-refractivity contribution is 8.13. The van der Waals surface area contributed by atoms with E-state index in [1.165, 1.54) is 0 Å². The van der Waals surface area contributed by atoms with Crippen LogP contribution in [0.3, 0.4) is 0 Å². The van der Waals surface area contributed by atoms with Crippen molar-refractivity contribution in [3.05, 3.63) is 0 Å². The van der Waals surface area contributed by atoms with E-state index in [9.17, 15) is 14.4 Å². The molecule has 2 N–H and O–H groups in total. The van der Waals surface area contributed by atoms with E-state index in [1.807, 2.05) is 0 Å². The highest BCUT2D eigenvalue weighted by Gasteiger charge is 2.05. The Balaban J connectivity index is 3.51. The van der Waals surface area contributed by atoms with Gasteiger partial charge in [-0.2, -0.15) is 11.8 Å². The van der Waals surface area contributed by atoms with Gasteiger partial charge in [0.1, 0.15) is 0 Å². The number of thioether (sulfide) groups is 2. The molecule has 0 bridgehead atoms. The molecule has 116 valence electrons. The van der Waals surface area contributed by atoms with Crippen molar-refractivity contribution in [1.82, 2.24) is 10.6 Å². The predicted molar refractivity (Wildman–Crippen MR) is 86.0 cm³/mol. The van der Waals surface area contributed by atoms with Gasteiger partial charge in [0.2, 0.25) is 11.8 Å². The molecule has 0 fully saturated rings. The second-order valence-corrected chi connectivity index (χ2v) is 6.99. The van der Waals surface area contributed by atoms with Crippen LogP contribution in [0.2, 0.25) is 0 Å². The summed E-state index contributed by atoms with van der Waals surface area (Å²) >= 11 is 2.90. The molecular formula is C13H24N2O3S2. The summed E-state index contributed by atoms with van der Waals surface area (Å²) in [6.07, 6.45) is 2.78. The number of rotatable bonds is 10. The minimum Gasteiger partial charge on any atom is -0.356 e. The molecular weight excluding hydrogens is 296 g/mol. The Kier molecular flexibility index (Phi) is 11.7. The molecule has 0 saturated heterocycles. The summed E-state index contributed by atoms with van der Waals surface area (Å²) in [6, 6.07) is 0. The summed E-state index contributed by atoms with van der Waals surface area (Å²) in [4.78, 5) is 33.9. The molecule has 0 radical (unpaired) electrons. The predicted octanol–water partition coefficient (Wildman–Crippen LogP) is 1.42. The van der Waals surface area contributed by atoms with Crippen LogP contribution in [0.15, 0.2) is 0 Å². The van der Waals surface area contributed by atoms with Gasteiger partial charge in [0.25, 0.3) is 0 Å². The zero-order valence-electron chi connectivity index (χ0n) is 12.4. The normalized spacial score (nSPS) is 10.4. The third-order valence-corrected chi connectivity index (χ3v) is 4.10. The lowest BCUT2D eigenvalue weighted by Gasteiger charge is -2.07. The summed E-state index contributed by atoms with van der Waals surface area (Å²) in [7, 11) is 0. The minimum absolute atomic E-state index is 0.0245. The molecule has 0 unspecified atom stereocenters. The number of carbonyl (C=O) groups excluding carboxylic acids is 3. The lowest BCUT2D eigenvalue weighted by Crippen LogP contribution is -2.31. The largest absolute Gasteiger partial charge is 0.356 e. The van der Waals surface area contributed by atoms with Gasteiger partial charge in [0.15, 0.2) is 5.12 Å². The average Bonchev–Trinajstić information content (AvgIpc) is 2.38. The van der Waals surface area contributed by atoms with Gasteiger partial charge >= 0.3 is 0 Å². The van der Waals surface area contributed by atoms with E-state index >= 15 is 0 Å². The van der Waals surface area contributed by atoms with Crippen LogP contribution in [0.1, 0.15) is 33.1 Å². The number of nitrogens with one attached hydrogen (secondary N) is 2. The van der Waals surface area contributed by atoms with E-state index in [-0.39, 0.29) is 23.4 Å². The maximum absolute atomic E-state index is 11.4. The monoisotopic (exact) mass is 320 g/mol. The highest BCUT2D eigenvalue weighted by Crippen LogP contribution is 2.09. The summed E-state index contributed by atoms with van der Waals surface area (Å²) in [5, 5.41) is 5.95. The van der Waals surface area contributed by atoms with Gasteiger partial charge in [-0.3, -0.25) is 14.4 Å². The van der Waals surface area contributed by atoms with Crippen LogP contribution in [-0.2, 0) is 14.4 Å². The molecule has 0 aliphatic rings. The van der Waals surface area contributed by atoms with Gasteiger partial charge in [0, 0.05) is 38.1 Å². The van der Waals surface area contributed by atoms with Crippen molar-refractivity contribution in [3.8, 4) is 0 Å². The van der Waals surface area contributed by atoms with Gasteiger partial charge in [-0.15, -0.1) is 0 Å². The minimum atomic E-state index is -0.143. The van der Waals surface area contributed by atoms with E-state index in [0.29, 0.717) is 31.2 Å². The Morgan fingerprint density at radius 2 is 1.50 bits per heavy atom. The second-order valence-electron chi connectivity index (χ2n) is 4.45. The van der Waals surface area contributed by atoms with Gasteiger partial charge in [-0.25, -0.2) is 0 Å². The summed E-state index contributed by atoms with van der Waals surface area (Å²) in [6.45, 7) is 4.88. The molecule has 0 saturated carbocycles. The lowest BCUT2D eigenvalue weighted by atomic mass is 10.3. The van der Waals surface area contributed by atoms with E-state index in [4.69, 9.17) is 0 Å². The van der Waals surface area contributed by atoms with Crippen molar-refractivity contribution in [2.45, 2.75) is 38.4 Å². The van der Waals surface area contributed by atoms with Crippen LogP contribution in [0.4, 0.5) is 0 Å². The summed E-state index contributed by atoms with van der Waals surface area (Å²) in [5.74, 6) is 0.631. The Hall–Kier alpha value is -0.690. The van der Waals surface area contributed by atoms with Gasteiger partial charge in [-0.05, 0) is 11.5 Å². The number of amides is 2. The van der Waals surface area contributed by atoms with Crippen LogP contribution in [0, 0.1) is 0 Å². The van der Waals surface area contributed by atoms with E-state index in [0.717, 1.165) is 17.5 Å². The molecule has 20 heavy (non-hydrogen) atoms. The summed E-state index contributed by atoms with van der Waals surface area (Å²) < 4.78 is 0. The van der Waals surface area contributed by atoms with Crippen molar-refractivity contribution in [1.29, 1.82) is 0 Å². The number of hydrogen-bond acceptors (Lipinski definition) is 5. The Morgan fingerprint density at radius 3 is 2.05 bits per heavy atom. The Labute approximate surface area is 129 Å². The zero-order chi connectivity index (χ0) is 15.4. The average molecular weight is 320 g/mol. The van der Waals surface area contributed by atoms with Crippen molar-refractivity contribution < 1.29 is 14.4 Å². The van der Waals surface area contributed by atoms with Crippen LogP contribution in [-0.4, -0.2) is 47.3 Å². The SMILES string of the molecule is CSC(=O)CCNC(=O)CCNC(=O)CCSC(C)C. The maximum Gasteiger partial charge on any atom is 0.221 e. The molecule has 0 atom stereocenters. The zero-order valence-corrected chi connectivity index (χ0v) is 14.0. The Morgan fingerprint density at radius 1 is 0.950 bits per heavy atom. The first-order valence-corrected chi connectivity index (χ1v) is 8.95. The fourth-order valence-electron chi connectivity index (χ4n) is 1.29. The number of carbonyl (C=O) groups is 3. The lowest BCUT2D eigenvalue weighted by molar-refractivity contribution is -0.122. The fraction of sp³-hybridized carbons (Fsp3) is 0.769. The van der Waals surface area contributed by atoms with Crippen LogP contribution in [0.5, 0.6) is 0 Å². The standard InChI is InChI=1S/C13H24N2O3S2/c1-10(2)20-9-6-12(17)14-7-4-11(16)15-8-5-13(18)19-3/h10H,4-9H2,1-3H3,(H,14,17)(H,15,16). The molecule has 0 aliphatic heterocycles. The van der Waals surface area contributed by atoms with Crippen LogP contribution < -0.4 is 10.6 Å². The molecule has 7 heteroatoms. The second kappa shape index (κ2) is 12.1. The first-order chi connectivity index (χ1) is 9.45. The van der Waals surface area contributed by atoms with Crippen molar-refractivity contribution in [2.75, 3.05) is 25.1 Å². The molecule has 5 nitrogen and oxygen atoms in total. The molecule has 0 aromatic rings. The Bertz CT molecular complexity index is 323. The van der Waals surface area contributed by atoms with Crippen LogP contribution >= 0.6 is 23.5 Å². The first-order valence-electron chi connectivity index (χ1n) is 6.67. The quantitative estimate of drug-likeness (QED) is 0.637. The number of hydrogen-bond donors (Lipinski definition) is 2. The van der Waals surface area contributed by atoms with E-state index in [2.05, 4.69) is 24.5 Å². The first kappa shape index (κ1) is 19.3. The van der Waals surface area contributed by atoms with E-state index in [1.54, 1.807) is 18.0 Å². The molecule has 0 aliphatic carbocycles. The smallest absolute Gasteiger partial charge is 0.221 e. The van der Waals surface area contributed by atoms with Gasteiger partial charge in [0.05, 0.1) is 0 Å². The van der Waals surface area contributed by atoms with Crippen molar-refractivity contribution in [2.24, 2.45) is 0 Å². The molecule has 0 aromatic heterocycles. The topological polar surface area (TPSA) is 75.3 Å². The highest BCUT2D eigenvalue weighted by atomic mass is 32.2. The van der Waals surface area contributed by atoms with E-state index < -0.39 is 0 Å². The molecule has 0 aromatic carbocycles. The fourth-order valence-corrected chi connectivity index (χ4v) is 2.37. The third kappa shape index (κ3) is 12.3. The summed E-state index contributed by atoms with van der Waals surface area (Å²) in [5.41, 5.74) is 0. The maximum atomic E-state index is 11.4. The third-order valence-electron chi connectivity index (χ3n) is 2.33. The van der Waals surface area contributed by atoms with Crippen molar-refractivity contribution >= 4 is 40.5 Å².